The Morgan fingerprint density at radius 1 is 1.32 bits per heavy atom. The number of hydrogen-bond acceptors (Lipinski definition) is 4. The number of imidazole rings is 1. The number of ether oxygens (including phenoxy) is 1. The first kappa shape index (κ1) is 15.8. The van der Waals surface area contributed by atoms with Crippen LogP contribution in [0.25, 0.3) is 11.0 Å². The number of unbranched alkanes of at least 4 members (excludes halogenated alkanes) is 1. The summed E-state index contributed by atoms with van der Waals surface area (Å²) in [6, 6.07) is 4.86. The molecule has 3 N–H and O–H groups in total. The quantitative estimate of drug-likeness (QED) is 0.561. The highest BCUT2D eigenvalue weighted by molar-refractivity contribution is 5.93. The zero-order valence-electron chi connectivity index (χ0n) is 12.7. The number of carbonyl (C=O) groups is 2. The summed E-state index contributed by atoms with van der Waals surface area (Å²) in [5.41, 5.74) is 1.91. The number of amides is 2. The van der Waals surface area contributed by atoms with Crippen LogP contribution in [-0.2, 0) is 11.3 Å². The van der Waals surface area contributed by atoms with Gasteiger partial charge in [0, 0.05) is 6.54 Å². The molecular weight excluding hydrogens is 284 g/mol. The number of hydrogen-bond donors (Lipinski definition) is 3. The fourth-order valence-electron chi connectivity index (χ4n) is 2.00. The average Bonchev–Trinajstić information content (AvgIpc) is 2.94. The third-order valence-electron chi connectivity index (χ3n) is 3.18. The van der Waals surface area contributed by atoms with Gasteiger partial charge in [-0.05, 0) is 24.6 Å². The summed E-state index contributed by atoms with van der Waals surface area (Å²) in [6.45, 7) is 3.02. The molecule has 0 unspecified atom stereocenters. The molecule has 0 aliphatic heterocycles. The van der Waals surface area contributed by atoms with Gasteiger partial charge >= 0.3 is 12.0 Å². The van der Waals surface area contributed by atoms with Gasteiger partial charge in [-0.2, -0.15) is 0 Å². The summed E-state index contributed by atoms with van der Waals surface area (Å²) in [5, 5.41) is 5.50. The second kappa shape index (κ2) is 7.44. The molecule has 0 fully saturated rings. The number of nitrogens with zero attached hydrogens (tertiary/aromatic N) is 1. The van der Waals surface area contributed by atoms with E-state index in [1.54, 1.807) is 18.2 Å². The smallest absolute Gasteiger partial charge is 0.337 e. The minimum absolute atomic E-state index is 0.218. The average molecular weight is 304 g/mol. The van der Waals surface area contributed by atoms with Gasteiger partial charge in [-0.3, -0.25) is 0 Å². The van der Waals surface area contributed by atoms with E-state index in [4.69, 9.17) is 0 Å². The number of aromatic amines is 1. The van der Waals surface area contributed by atoms with Crippen LogP contribution < -0.4 is 10.6 Å². The van der Waals surface area contributed by atoms with Gasteiger partial charge in [0.05, 0.1) is 30.3 Å². The highest BCUT2D eigenvalue weighted by Crippen LogP contribution is 2.14. The Morgan fingerprint density at radius 3 is 2.86 bits per heavy atom. The van der Waals surface area contributed by atoms with E-state index in [1.165, 1.54) is 7.11 Å². The first-order valence-corrected chi connectivity index (χ1v) is 7.22. The maximum Gasteiger partial charge on any atom is 0.337 e. The molecule has 22 heavy (non-hydrogen) atoms. The van der Waals surface area contributed by atoms with E-state index in [0.717, 1.165) is 23.9 Å². The number of fused-ring (bicyclic) bond motifs is 1. The zero-order valence-corrected chi connectivity index (χ0v) is 12.7. The van der Waals surface area contributed by atoms with Crippen LogP contribution >= 0.6 is 0 Å². The lowest BCUT2D eigenvalue weighted by molar-refractivity contribution is 0.0601. The number of esters is 1. The van der Waals surface area contributed by atoms with E-state index in [9.17, 15) is 9.59 Å². The summed E-state index contributed by atoms with van der Waals surface area (Å²) < 4.78 is 4.68. The number of aromatic nitrogens is 2. The Hall–Kier alpha value is -2.57. The molecule has 0 atom stereocenters. The van der Waals surface area contributed by atoms with E-state index in [-0.39, 0.29) is 6.03 Å². The van der Waals surface area contributed by atoms with Gasteiger partial charge in [-0.1, -0.05) is 13.3 Å². The molecule has 0 spiro atoms. The van der Waals surface area contributed by atoms with Crippen molar-refractivity contribution in [3.63, 3.8) is 0 Å². The standard InChI is InChI=1S/C15H20N4O3/c1-3-4-7-16-15(21)17-9-13-18-11-6-5-10(14(20)22-2)8-12(11)19-13/h5-6,8H,3-4,7,9H2,1-2H3,(H,18,19)(H2,16,17,21). The molecule has 0 saturated heterocycles. The van der Waals surface area contributed by atoms with Crippen molar-refractivity contribution in [2.45, 2.75) is 26.3 Å². The molecular formula is C15H20N4O3. The number of H-pyrrole nitrogens is 1. The number of urea groups is 1. The molecule has 0 aliphatic carbocycles. The number of methoxy groups -OCH3 is 1. The monoisotopic (exact) mass is 304 g/mol. The fraction of sp³-hybridized carbons (Fsp3) is 0.400. The summed E-state index contributed by atoms with van der Waals surface area (Å²) >= 11 is 0. The maximum atomic E-state index is 11.6. The SMILES string of the molecule is CCCCNC(=O)NCc1nc2ccc(C(=O)OC)cc2[nH]1. The zero-order chi connectivity index (χ0) is 15.9. The van der Waals surface area contributed by atoms with Crippen LogP contribution in [0.2, 0.25) is 0 Å². The first-order valence-electron chi connectivity index (χ1n) is 7.22. The second-order valence-corrected chi connectivity index (χ2v) is 4.87. The molecule has 7 heteroatoms. The van der Waals surface area contributed by atoms with Crippen LogP contribution in [0.15, 0.2) is 18.2 Å². The van der Waals surface area contributed by atoms with Crippen LogP contribution in [0.3, 0.4) is 0 Å². The van der Waals surface area contributed by atoms with Crippen molar-refractivity contribution in [1.29, 1.82) is 0 Å². The normalized spacial score (nSPS) is 10.5. The minimum Gasteiger partial charge on any atom is -0.465 e. The van der Waals surface area contributed by atoms with Gasteiger partial charge in [0.2, 0.25) is 0 Å². The summed E-state index contributed by atoms with van der Waals surface area (Å²) in [7, 11) is 1.34. The molecule has 1 aromatic heterocycles. The van der Waals surface area contributed by atoms with Crippen LogP contribution in [0.4, 0.5) is 4.79 Å². The highest BCUT2D eigenvalue weighted by Gasteiger charge is 2.09. The van der Waals surface area contributed by atoms with Crippen molar-refractivity contribution in [2.75, 3.05) is 13.7 Å². The number of benzene rings is 1. The molecule has 2 rings (SSSR count). The van der Waals surface area contributed by atoms with Crippen molar-refractivity contribution < 1.29 is 14.3 Å². The first-order chi connectivity index (χ1) is 10.6. The Kier molecular flexibility index (Phi) is 5.35. The molecule has 0 saturated carbocycles. The number of nitrogens with one attached hydrogen (secondary N) is 3. The molecule has 0 radical (unpaired) electrons. The van der Waals surface area contributed by atoms with Gasteiger partial charge in [-0.25, -0.2) is 14.6 Å². The second-order valence-electron chi connectivity index (χ2n) is 4.87. The molecule has 1 heterocycles. The summed E-state index contributed by atoms with van der Waals surface area (Å²) in [4.78, 5) is 30.5. The molecule has 2 aromatic rings. The lowest BCUT2D eigenvalue weighted by atomic mass is 10.2. The van der Waals surface area contributed by atoms with E-state index in [0.29, 0.717) is 24.5 Å². The van der Waals surface area contributed by atoms with Crippen LogP contribution in [0.1, 0.15) is 35.9 Å². The Morgan fingerprint density at radius 2 is 2.14 bits per heavy atom. The van der Waals surface area contributed by atoms with Gasteiger partial charge in [0.1, 0.15) is 5.82 Å². The molecule has 2 amide bonds. The van der Waals surface area contributed by atoms with E-state index in [2.05, 4.69) is 32.3 Å². The Balaban J connectivity index is 1.97. The van der Waals surface area contributed by atoms with E-state index < -0.39 is 5.97 Å². The Bertz CT molecular complexity index is 666. The third-order valence-corrected chi connectivity index (χ3v) is 3.18. The molecule has 7 nitrogen and oxygen atoms in total. The lowest BCUT2D eigenvalue weighted by Gasteiger charge is -2.05. The van der Waals surface area contributed by atoms with Crippen molar-refractivity contribution in [3.8, 4) is 0 Å². The number of rotatable bonds is 6. The molecule has 0 bridgehead atoms. The maximum absolute atomic E-state index is 11.6. The molecule has 1 aromatic carbocycles. The van der Waals surface area contributed by atoms with Crippen molar-refractivity contribution in [3.05, 3.63) is 29.6 Å². The fourth-order valence-corrected chi connectivity index (χ4v) is 2.00. The van der Waals surface area contributed by atoms with E-state index >= 15 is 0 Å². The molecule has 0 aliphatic rings. The highest BCUT2D eigenvalue weighted by atomic mass is 16.5. The van der Waals surface area contributed by atoms with Gasteiger partial charge in [0.25, 0.3) is 0 Å². The van der Waals surface area contributed by atoms with Crippen molar-refractivity contribution in [1.82, 2.24) is 20.6 Å². The van der Waals surface area contributed by atoms with Gasteiger partial charge < -0.3 is 20.4 Å². The van der Waals surface area contributed by atoms with Gasteiger partial charge in [-0.15, -0.1) is 0 Å². The predicted octanol–water partition coefficient (Wildman–Crippen LogP) is 1.95. The van der Waals surface area contributed by atoms with Crippen LogP contribution in [0, 0.1) is 0 Å². The largest absolute Gasteiger partial charge is 0.465 e. The van der Waals surface area contributed by atoms with E-state index in [1.807, 2.05) is 0 Å². The predicted molar refractivity (Wildman–Crippen MR) is 82.6 cm³/mol. The topological polar surface area (TPSA) is 96.1 Å². The third kappa shape index (κ3) is 3.97. The van der Waals surface area contributed by atoms with Crippen LogP contribution in [-0.4, -0.2) is 35.6 Å². The Labute approximate surface area is 128 Å². The minimum atomic E-state index is -0.397. The summed E-state index contributed by atoms with van der Waals surface area (Å²) in [6.07, 6.45) is 1.99. The van der Waals surface area contributed by atoms with Crippen LogP contribution in [0.5, 0.6) is 0 Å². The van der Waals surface area contributed by atoms with Gasteiger partial charge in [0.15, 0.2) is 0 Å². The molecule has 118 valence electrons. The van der Waals surface area contributed by atoms with Crippen molar-refractivity contribution in [2.24, 2.45) is 0 Å². The number of carbonyl (C=O) groups excluding carboxylic acids is 2. The lowest BCUT2D eigenvalue weighted by Crippen LogP contribution is -2.35. The van der Waals surface area contributed by atoms with Crippen molar-refractivity contribution >= 4 is 23.0 Å². The summed E-state index contributed by atoms with van der Waals surface area (Å²) in [5.74, 6) is 0.231.